The second kappa shape index (κ2) is 11.8. The van der Waals surface area contributed by atoms with Crippen LogP contribution in [0.15, 0.2) is 53.1 Å². The highest BCUT2D eigenvalue weighted by atomic mass is 35.5. The summed E-state index contributed by atoms with van der Waals surface area (Å²) in [5, 5.41) is 4.65. The molecule has 9 heteroatoms. The van der Waals surface area contributed by atoms with Crippen LogP contribution < -0.4 is 4.74 Å². The fourth-order valence-electron chi connectivity index (χ4n) is 5.66. The van der Waals surface area contributed by atoms with Crippen molar-refractivity contribution in [1.82, 2.24) is 15.0 Å². The second-order valence-corrected chi connectivity index (χ2v) is 11.0. The molecule has 2 amide bonds. The summed E-state index contributed by atoms with van der Waals surface area (Å²) in [5.41, 5.74) is 0.821. The van der Waals surface area contributed by atoms with Gasteiger partial charge in [0, 0.05) is 43.6 Å². The molecule has 206 valence electrons. The number of aromatic nitrogens is 1. The number of hydrogen-bond acceptors (Lipinski definition) is 5. The molecule has 0 spiro atoms. The number of ether oxygens (including phenoxy) is 1. The minimum Gasteiger partial charge on any atom is -0.493 e. The lowest BCUT2D eigenvalue weighted by Gasteiger charge is -2.43. The number of hydrogen-bond donors (Lipinski definition) is 0. The molecule has 3 aromatic rings. The van der Waals surface area contributed by atoms with Crippen LogP contribution in [-0.4, -0.2) is 59.6 Å². The number of benzene rings is 2. The molecule has 2 aliphatic rings. The first-order chi connectivity index (χ1) is 18.8. The van der Waals surface area contributed by atoms with Crippen LogP contribution in [-0.2, 0) is 4.79 Å². The molecule has 3 heterocycles. The van der Waals surface area contributed by atoms with Crippen molar-refractivity contribution in [1.29, 1.82) is 0 Å². The highest BCUT2D eigenvalue weighted by Gasteiger charge is 2.42. The van der Waals surface area contributed by atoms with Gasteiger partial charge in [-0.05, 0) is 69.4 Å². The molecule has 2 aromatic carbocycles. The second-order valence-electron chi connectivity index (χ2n) is 10.6. The average Bonchev–Trinajstić information content (AvgIpc) is 3.34. The van der Waals surface area contributed by atoms with Crippen molar-refractivity contribution in [3.8, 4) is 17.0 Å². The van der Waals surface area contributed by atoms with Gasteiger partial charge in [-0.15, -0.1) is 0 Å². The first-order valence-corrected chi connectivity index (χ1v) is 13.9. The molecule has 0 saturated carbocycles. The van der Waals surface area contributed by atoms with Gasteiger partial charge in [0.25, 0.3) is 5.91 Å². The van der Waals surface area contributed by atoms with E-state index in [2.05, 4.69) is 5.16 Å². The standard InChI is InChI=1S/C30H33ClFN3O4/c1-21-27(28(33-39-21)24-8-3-4-9-25(24)31)29(37)35-17-7-14-30(19-35,18-26(36)34-15-5-2-6-16-34)20-38-23-12-10-22(32)11-13-23/h3-4,8-13H,2,5-7,14-20H2,1H3/t30-/m0/s1. The maximum absolute atomic E-state index is 14.0. The summed E-state index contributed by atoms with van der Waals surface area (Å²) in [6, 6.07) is 13.1. The number of aryl methyl sites for hydroxylation is 1. The van der Waals surface area contributed by atoms with E-state index in [4.69, 9.17) is 20.9 Å². The minimum absolute atomic E-state index is 0.0876. The Morgan fingerprint density at radius 3 is 2.49 bits per heavy atom. The third kappa shape index (κ3) is 6.11. The average molecular weight is 554 g/mol. The molecule has 0 N–H and O–H groups in total. The van der Waals surface area contributed by atoms with E-state index in [9.17, 15) is 14.0 Å². The summed E-state index contributed by atoms with van der Waals surface area (Å²) >= 11 is 6.43. The molecule has 5 rings (SSSR count). The SMILES string of the molecule is Cc1onc(-c2ccccc2Cl)c1C(=O)N1CCC[C@](COc2ccc(F)cc2)(CC(=O)N2CCCCC2)C1. The zero-order valence-corrected chi connectivity index (χ0v) is 22.9. The molecule has 1 atom stereocenters. The van der Waals surface area contributed by atoms with Gasteiger partial charge in [-0.25, -0.2) is 4.39 Å². The molecule has 0 bridgehead atoms. The Morgan fingerprint density at radius 2 is 1.74 bits per heavy atom. The van der Waals surface area contributed by atoms with Crippen LogP contribution in [0.25, 0.3) is 11.3 Å². The molecule has 0 unspecified atom stereocenters. The van der Waals surface area contributed by atoms with Crippen LogP contribution in [0.3, 0.4) is 0 Å². The monoisotopic (exact) mass is 553 g/mol. The molecule has 0 radical (unpaired) electrons. The topological polar surface area (TPSA) is 75.9 Å². The first kappa shape index (κ1) is 27.2. The van der Waals surface area contributed by atoms with Gasteiger partial charge in [-0.3, -0.25) is 9.59 Å². The molecule has 1 aromatic heterocycles. The number of piperidine rings is 2. The van der Waals surface area contributed by atoms with Crippen LogP contribution in [0, 0.1) is 18.2 Å². The van der Waals surface area contributed by atoms with Crippen LogP contribution in [0.2, 0.25) is 5.02 Å². The zero-order valence-electron chi connectivity index (χ0n) is 22.1. The number of rotatable bonds is 7. The summed E-state index contributed by atoms with van der Waals surface area (Å²) < 4.78 is 25.0. The molecule has 7 nitrogen and oxygen atoms in total. The van der Waals surface area contributed by atoms with Gasteiger partial charge >= 0.3 is 0 Å². The highest BCUT2D eigenvalue weighted by Crippen LogP contribution is 2.38. The van der Waals surface area contributed by atoms with Crippen molar-refractivity contribution >= 4 is 23.4 Å². The number of likely N-dealkylation sites (tertiary alicyclic amines) is 2. The number of carbonyl (C=O) groups is 2. The molecule has 39 heavy (non-hydrogen) atoms. The van der Waals surface area contributed by atoms with Gasteiger partial charge in [0.05, 0.1) is 11.6 Å². The van der Waals surface area contributed by atoms with E-state index < -0.39 is 5.41 Å². The van der Waals surface area contributed by atoms with E-state index in [1.54, 1.807) is 30.0 Å². The maximum Gasteiger partial charge on any atom is 0.259 e. The van der Waals surface area contributed by atoms with E-state index in [-0.39, 0.29) is 30.7 Å². The Morgan fingerprint density at radius 1 is 1.03 bits per heavy atom. The van der Waals surface area contributed by atoms with Gasteiger partial charge in [0.2, 0.25) is 5.91 Å². The van der Waals surface area contributed by atoms with Crippen molar-refractivity contribution in [2.24, 2.45) is 5.41 Å². The highest BCUT2D eigenvalue weighted by molar-refractivity contribution is 6.33. The van der Waals surface area contributed by atoms with Crippen molar-refractivity contribution in [2.75, 3.05) is 32.8 Å². The summed E-state index contributed by atoms with van der Waals surface area (Å²) in [7, 11) is 0. The number of halogens is 2. The van der Waals surface area contributed by atoms with Crippen molar-refractivity contribution in [3.05, 3.63) is 70.7 Å². The molecule has 0 aliphatic carbocycles. The van der Waals surface area contributed by atoms with E-state index in [1.165, 1.54) is 12.1 Å². The van der Waals surface area contributed by atoms with Gasteiger partial charge < -0.3 is 19.1 Å². The van der Waals surface area contributed by atoms with Crippen molar-refractivity contribution in [2.45, 2.75) is 45.4 Å². The van der Waals surface area contributed by atoms with Gasteiger partial charge in [0.1, 0.15) is 28.6 Å². The lowest BCUT2D eigenvalue weighted by molar-refractivity contribution is -0.136. The van der Waals surface area contributed by atoms with Crippen molar-refractivity contribution < 1.29 is 23.2 Å². The van der Waals surface area contributed by atoms with Gasteiger partial charge in [0.15, 0.2) is 0 Å². The maximum atomic E-state index is 14.0. The quantitative estimate of drug-likeness (QED) is 0.351. The Hall–Kier alpha value is -3.39. The van der Waals surface area contributed by atoms with Crippen LogP contribution in [0.5, 0.6) is 5.75 Å². The predicted octanol–water partition coefficient (Wildman–Crippen LogP) is 6.15. The first-order valence-electron chi connectivity index (χ1n) is 13.5. The van der Waals surface area contributed by atoms with Crippen LogP contribution >= 0.6 is 11.6 Å². The Balaban J connectivity index is 1.41. The lowest BCUT2D eigenvalue weighted by Crippen LogP contribution is -2.51. The fraction of sp³-hybridized carbons (Fsp3) is 0.433. The summed E-state index contributed by atoms with van der Waals surface area (Å²) in [5.74, 6) is 0.480. The van der Waals surface area contributed by atoms with E-state index in [0.29, 0.717) is 46.4 Å². The molecular formula is C30H33ClFN3O4. The van der Waals surface area contributed by atoms with Gasteiger partial charge in [-0.2, -0.15) is 0 Å². The Kier molecular flexibility index (Phi) is 8.21. The number of amides is 2. The molecule has 2 fully saturated rings. The van der Waals surface area contributed by atoms with E-state index in [0.717, 1.165) is 45.2 Å². The van der Waals surface area contributed by atoms with E-state index >= 15 is 0 Å². The smallest absolute Gasteiger partial charge is 0.259 e. The summed E-state index contributed by atoms with van der Waals surface area (Å²) in [4.78, 5) is 31.1. The predicted molar refractivity (Wildman–Crippen MR) is 146 cm³/mol. The molecule has 2 aliphatic heterocycles. The minimum atomic E-state index is -0.591. The third-order valence-corrected chi connectivity index (χ3v) is 8.08. The number of carbonyl (C=O) groups excluding carboxylic acids is 2. The summed E-state index contributed by atoms with van der Waals surface area (Å²) in [6.45, 7) is 4.37. The van der Waals surface area contributed by atoms with Crippen LogP contribution in [0.1, 0.15) is 54.6 Å². The van der Waals surface area contributed by atoms with E-state index in [1.807, 2.05) is 23.1 Å². The van der Waals surface area contributed by atoms with Gasteiger partial charge in [-0.1, -0.05) is 35.0 Å². The normalized spacial score (nSPS) is 19.7. The largest absolute Gasteiger partial charge is 0.493 e. The molecule has 2 saturated heterocycles. The lowest BCUT2D eigenvalue weighted by atomic mass is 9.77. The van der Waals surface area contributed by atoms with Crippen LogP contribution in [0.4, 0.5) is 4.39 Å². The number of nitrogens with zero attached hydrogens (tertiary/aromatic N) is 3. The zero-order chi connectivity index (χ0) is 27.4. The Bertz CT molecular complexity index is 1320. The fourth-order valence-corrected chi connectivity index (χ4v) is 5.88. The third-order valence-electron chi connectivity index (χ3n) is 7.75. The Labute approximate surface area is 232 Å². The summed E-state index contributed by atoms with van der Waals surface area (Å²) in [6.07, 6.45) is 4.88. The van der Waals surface area contributed by atoms with Crippen molar-refractivity contribution in [3.63, 3.8) is 0 Å². The molecular weight excluding hydrogens is 521 g/mol.